The second-order valence-electron chi connectivity index (χ2n) is 6.65. The normalized spacial score (nSPS) is 12.7. The molecule has 0 fully saturated rings. The van der Waals surface area contributed by atoms with Gasteiger partial charge in [0.15, 0.2) is 0 Å². The number of ether oxygens (including phenoxy) is 1. The second-order valence-corrected chi connectivity index (χ2v) is 6.65. The predicted octanol–water partition coefficient (Wildman–Crippen LogP) is 3.82. The first kappa shape index (κ1) is 21.4. The molecule has 1 heterocycles. The van der Waals surface area contributed by atoms with Crippen LogP contribution in [-0.2, 0) is 10.9 Å². The van der Waals surface area contributed by atoms with Crippen LogP contribution in [-0.4, -0.2) is 22.2 Å². The minimum Gasteiger partial charge on any atom is -0.462 e. The van der Waals surface area contributed by atoms with Crippen molar-refractivity contribution in [3.05, 3.63) is 69.5 Å². The van der Waals surface area contributed by atoms with E-state index in [0.29, 0.717) is 5.56 Å². The molecule has 0 spiro atoms. The summed E-state index contributed by atoms with van der Waals surface area (Å²) in [4.78, 5) is 25.5. The molecular formula is C21H19F3N2O4. The van der Waals surface area contributed by atoms with Crippen molar-refractivity contribution in [2.24, 2.45) is 0 Å². The second kappa shape index (κ2) is 7.83. The lowest BCUT2D eigenvalue weighted by Crippen LogP contribution is -2.29. The minimum absolute atomic E-state index is 0.00809. The maximum atomic E-state index is 13.3. The number of aliphatic hydroxyl groups excluding tert-OH is 1. The van der Waals surface area contributed by atoms with Gasteiger partial charge in [-0.2, -0.15) is 13.2 Å². The van der Waals surface area contributed by atoms with Gasteiger partial charge in [-0.3, -0.25) is 9.36 Å². The Morgan fingerprint density at radius 2 is 1.83 bits per heavy atom. The Bertz CT molecular complexity index is 1170. The van der Waals surface area contributed by atoms with E-state index in [2.05, 4.69) is 0 Å². The number of anilines is 1. The minimum atomic E-state index is -4.64. The van der Waals surface area contributed by atoms with Gasteiger partial charge in [0, 0.05) is 11.1 Å². The van der Waals surface area contributed by atoms with Gasteiger partial charge >= 0.3 is 12.1 Å². The van der Waals surface area contributed by atoms with Gasteiger partial charge < -0.3 is 15.6 Å². The predicted molar refractivity (Wildman–Crippen MR) is 106 cm³/mol. The molecule has 6 nitrogen and oxygen atoms in total. The number of esters is 1. The number of nitrogens with two attached hydrogens (primary N) is 1. The number of benzene rings is 2. The van der Waals surface area contributed by atoms with Crippen LogP contribution < -0.4 is 11.3 Å². The first-order chi connectivity index (χ1) is 14.1. The molecule has 1 aromatic heterocycles. The molecule has 3 N–H and O–H groups in total. The lowest BCUT2D eigenvalue weighted by Gasteiger charge is -2.17. The Morgan fingerprint density at radius 3 is 2.37 bits per heavy atom. The van der Waals surface area contributed by atoms with Gasteiger partial charge in [-0.15, -0.1) is 0 Å². The van der Waals surface area contributed by atoms with E-state index in [1.807, 2.05) is 0 Å². The fourth-order valence-electron chi connectivity index (χ4n) is 3.15. The molecule has 0 bridgehead atoms. The van der Waals surface area contributed by atoms with Gasteiger partial charge in [0.05, 0.1) is 29.5 Å². The molecular weight excluding hydrogens is 401 g/mol. The lowest BCUT2D eigenvalue weighted by atomic mass is 10.0. The number of alkyl halides is 3. The number of halogens is 3. The Morgan fingerprint density at radius 1 is 1.20 bits per heavy atom. The summed E-state index contributed by atoms with van der Waals surface area (Å²) in [5, 5.41) is 9.78. The summed E-state index contributed by atoms with van der Waals surface area (Å²) in [5.41, 5.74) is 4.07. The fraction of sp³-hybridized carbons (Fsp3) is 0.238. The highest BCUT2D eigenvalue weighted by Gasteiger charge is 2.32. The zero-order valence-electron chi connectivity index (χ0n) is 16.2. The largest absolute Gasteiger partial charge is 0.462 e. The van der Waals surface area contributed by atoms with Crippen molar-refractivity contribution in [2.75, 3.05) is 12.3 Å². The van der Waals surface area contributed by atoms with Crippen LogP contribution in [0.1, 0.15) is 41.4 Å². The number of carbonyl (C=O) groups excluding carboxylic acids is 1. The third kappa shape index (κ3) is 3.76. The van der Waals surface area contributed by atoms with E-state index in [0.717, 1.165) is 22.8 Å². The molecule has 0 radical (unpaired) electrons. The average molecular weight is 420 g/mol. The number of hydrogen-bond donors (Lipinski definition) is 2. The number of nitrogens with zero attached hydrogens (tertiary/aromatic N) is 1. The molecule has 158 valence electrons. The summed E-state index contributed by atoms with van der Waals surface area (Å²) in [6.07, 6.45) is -5.41. The fourth-order valence-corrected chi connectivity index (χ4v) is 3.15. The van der Waals surface area contributed by atoms with Crippen LogP contribution in [0.4, 0.5) is 18.9 Å². The van der Waals surface area contributed by atoms with Crippen molar-refractivity contribution >= 4 is 22.6 Å². The SMILES string of the molecule is CCOC(=O)c1c(N)c2ccc(C(F)(F)F)cc2n(-c2ccc(C(C)O)cc2)c1=O. The first-order valence-corrected chi connectivity index (χ1v) is 9.07. The number of carbonyl (C=O) groups is 1. The van der Waals surface area contributed by atoms with Gasteiger partial charge in [0.1, 0.15) is 5.56 Å². The summed E-state index contributed by atoms with van der Waals surface area (Å²) in [7, 11) is 0. The Labute approximate surface area is 169 Å². The van der Waals surface area contributed by atoms with Gasteiger partial charge in [-0.05, 0) is 43.7 Å². The van der Waals surface area contributed by atoms with Crippen molar-refractivity contribution in [2.45, 2.75) is 26.1 Å². The molecule has 0 saturated heterocycles. The van der Waals surface area contributed by atoms with Gasteiger partial charge in [-0.1, -0.05) is 18.2 Å². The number of fused-ring (bicyclic) bond motifs is 1. The van der Waals surface area contributed by atoms with Crippen LogP contribution in [0.3, 0.4) is 0 Å². The number of hydrogen-bond acceptors (Lipinski definition) is 5. The third-order valence-electron chi connectivity index (χ3n) is 4.66. The third-order valence-corrected chi connectivity index (χ3v) is 4.66. The highest BCUT2D eigenvalue weighted by Crippen LogP contribution is 2.34. The van der Waals surface area contributed by atoms with E-state index in [9.17, 15) is 27.9 Å². The van der Waals surface area contributed by atoms with Crippen molar-refractivity contribution in [3.8, 4) is 5.69 Å². The standard InChI is InChI=1S/C21H19F3N2O4/c1-3-30-20(29)17-18(25)15-9-6-13(21(22,23)24)10-16(15)26(19(17)28)14-7-4-12(5-8-14)11(2)27/h4-11,27H,3,25H2,1-2H3. The first-order valence-electron chi connectivity index (χ1n) is 9.07. The molecule has 1 unspecified atom stereocenters. The highest BCUT2D eigenvalue weighted by molar-refractivity contribution is 6.04. The summed E-state index contributed by atoms with van der Waals surface area (Å²) in [5.74, 6) is -0.962. The summed E-state index contributed by atoms with van der Waals surface area (Å²) in [6, 6.07) is 8.76. The van der Waals surface area contributed by atoms with Crippen LogP contribution >= 0.6 is 0 Å². The number of aromatic nitrogens is 1. The summed E-state index contributed by atoms with van der Waals surface area (Å²) in [6.45, 7) is 3.10. The van der Waals surface area contributed by atoms with E-state index < -0.39 is 34.9 Å². The molecule has 1 atom stereocenters. The quantitative estimate of drug-likeness (QED) is 0.626. The molecule has 0 aliphatic heterocycles. The maximum Gasteiger partial charge on any atom is 0.416 e. The van der Waals surface area contributed by atoms with Crippen LogP contribution in [0.15, 0.2) is 47.3 Å². The number of aliphatic hydroxyl groups is 1. The number of pyridine rings is 1. The van der Waals surface area contributed by atoms with E-state index in [1.165, 1.54) is 24.3 Å². The van der Waals surface area contributed by atoms with Crippen molar-refractivity contribution in [3.63, 3.8) is 0 Å². The molecule has 0 amide bonds. The van der Waals surface area contributed by atoms with Crippen LogP contribution in [0.25, 0.3) is 16.6 Å². The molecule has 2 aromatic carbocycles. The molecule has 0 aliphatic carbocycles. The maximum absolute atomic E-state index is 13.3. The zero-order valence-corrected chi connectivity index (χ0v) is 16.2. The topological polar surface area (TPSA) is 94.6 Å². The van der Waals surface area contributed by atoms with Crippen molar-refractivity contribution in [1.29, 1.82) is 0 Å². The number of rotatable bonds is 4. The lowest BCUT2D eigenvalue weighted by molar-refractivity contribution is -0.137. The smallest absolute Gasteiger partial charge is 0.416 e. The Hall–Kier alpha value is -3.33. The van der Waals surface area contributed by atoms with Crippen molar-refractivity contribution < 1.29 is 27.8 Å². The molecule has 3 rings (SSSR count). The Balaban J connectivity index is 2.41. The van der Waals surface area contributed by atoms with Crippen LogP contribution in [0.5, 0.6) is 0 Å². The van der Waals surface area contributed by atoms with Gasteiger partial charge in [-0.25, -0.2) is 4.79 Å². The van der Waals surface area contributed by atoms with Crippen LogP contribution in [0.2, 0.25) is 0 Å². The van der Waals surface area contributed by atoms with E-state index >= 15 is 0 Å². The highest BCUT2D eigenvalue weighted by atomic mass is 19.4. The van der Waals surface area contributed by atoms with Gasteiger partial charge in [0.25, 0.3) is 5.56 Å². The summed E-state index contributed by atoms with van der Waals surface area (Å²) < 4.78 is 45.7. The molecule has 3 aromatic rings. The van der Waals surface area contributed by atoms with Crippen molar-refractivity contribution in [1.82, 2.24) is 4.57 Å². The van der Waals surface area contributed by atoms with E-state index in [-0.39, 0.29) is 28.9 Å². The number of nitrogen functional groups attached to an aromatic ring is 1. The molecule has 0 aliphatic rings. The van der Waals surface area contributed by atoms with E-state index in [4.69, 9.17) is 10.5 Å². The average Bonchev–Trinajstić information content (AvgIpc) is 2.67. The summed E-state index contributed by atoms with van der Waals surface area (Å²) >= 11 is 0. The Kier molecular flexibility index (Phi) is 5.58. The monoisotopic (exact) mass is 420 g/mol. The molecule has 0 saturated carbocycles. The molecule has 30 heavy (non-hydrogen) atoms. The zero-order chi connectivity index (χ0) is 22.2. The van der Waals surface area contributed by atoms with Gasteiger partial charge in [0.2, 0.25) is 0 Å². The van der Waals surface area contributed by atoms with Crippen LogP contribution in [0, 0.1) is 0 Å². The van der Waals surface area contributed by atoms with E-state index in [1.54, 1.807) is 13.8 Å². The molecule has 9 heteroatoms.